The molecular formula is C14H12ClNO3. The number of hydrogen-bond donors (Lipinski definition) is 0. The van der Waals surface area contributed by atoms with Crippen molar-refractivity contribution >= 4 is 17.6 Å². The van der Waals surface area contributed by atoms with Gasteiger partial charge in [0.2, 0.25) is 0 Å². The maximum absolute atomic E-state index is 11.9. The minimum absolute atomic E-state index is 0.117. The van der Waals surface area contributed by atoms with E-state index in [9.17, 15) is 4.79 Å². The SMILES string of the molecule is COc1cc(Cl)ccc1C(=O)OCc1ccccn1. The summed E-state index contributed by atoms with van der Waals surface area (Å²) >= 11 is 5.83. The van der Waals surface area contributed by atoms with Crippen molar-refractivity contribution < 1.29 is 14.3 Å². The van der Waals surface area contributed by atoms with Crippen LogP contribution in [0.15, 0.2) is 42.6 Å². The summed E-state index contributed by atoms with van der Waals surface area (Å²) in [6.07, 6.45) is 1.64. The van der Waals surface area contributed by atoms with Crippen LogP contribution < -0.4 is 4.74 Å². The predicted octanol–water partition coefficient (Wildman–Crippen LogP) is 3.10. The molecule has 0 bridgehead atoms. The van der Waals surface area contributed by atoms with Gasteiger partial charge in [0, 0.05) is 11.2 Å². The molecule has 0 radical (unpaired) electrons. The molecule has 19 heavy (non-hydrogen) atoms. The molecule has 0 N–H and O–H groups in total. The van der Waals surface area contributed by atoms with Crippen molar-refractivity contribution in [3.05, 3.63) is 58.9 Å². The highest BCUT2D eigenvalue weighted by atomic mass is 35.5. The number of carbonyl (C=O) groups is 1. The lowest BCUT2D eigenvalue weighted by atomic mass is 10.2. The third-order valence-electron chi connectivity index (χ3n) is 2.46. The standard InChI is InChI=1S/C14H12ClNO3/c1-18-13-8-10(15)5-6-12(13)14(17)19-9-11-4-2-3-7-16-11/h2-8H,9H2,1H3. The van der Waals surface area contributed by atoms with E-state index in [1.54, 1.807) is 36.5 Å². The smallest absolute Gasteiger partial charge is 0.342 e. The van der Waals surface area contributed by atoms with Crippen molar-refractivity contribution in [2.45, 2.75) is 6.61 Å². The second-order valence-corrected chi connectivity index (χ2v) is 4.18. The summed E-state index contributed by atoms with van der Waals surface area (Å²) in [4.78, 5) is 16.0. The molecule has 4 nitrogen and oxygen atoms in total. The van der Waals surface area contributed by atoms with Gasteiger partial charge in [-0.25, -0.2) is 4.79 Å². The lowest BCUT2D eigenvalue weighted by Gasteiger charge is -2.08. The molecule has 0 saturated heterocycles. The van der Waals surface area contributed by atoms with Crippen LogP contribution in [0.25, 0.3) is 0 Å². The number of esters is 1. The zero-order valence-corrected chi connectivity index (χ0v) is 11.1. The molecule has 2 rings (SSSR count). The molecule has 0 amide bonds. The molecule has 0 saturated carbocycles. The number of halogens is 1. The molecule has 98 valence electrons. The van der Waals surface area contributed by atoms with Crippen LogP contribution in [0.3, 0.4) is 0 Å². The van der Waals surface area contributed by atoms with Crippen LogP contribution in [0.1, 0.15) is 16.1 Å². The first-order valence-corrected chi connectivity index (χ1v) is 5.99. The van der Waals surface area contributed by atoms with Gasteiger partial charge in [0.1, 0.15) is 17.9 Å². The van der Waals surface area contributed by atoms with Crippen LogP contribution in [0.5, 0.6) is 5.75 Å². The topological polar surface area (TPSA) is 48.4 Å². The monoisotopic (exact) mass is 277 g/mol. The Kier molecular flexibility index (Phi) is 4.36. The third kappa shape index (κ3) is 3.45. The zero-order valence-electron chi connectivity index (χ0n) is 10.3. The number of rotatable bonds is 4. The first kappa shape index (κ1) is 13.4. The van der Waals surface area contributed by atoms with Crippen LogP contribution in [0.2, 0.25) is 5.02 Å². The van der Waals surface area contributed by atoms with Crippen molar-refractivity contribution in [3.8, 4) is 5.75 Å². The summed E-state index contributed by atoms with van der Waals surface area (Å²) in [5.74, 6) is -0.0855. The summed E-state index contributed by atoms with van der Waals surface area (Å²) in [7, 11) is 1.47. The minimum atomic E-state index is -0.473. The van der Waals surface area contributed by atoms with Crippen molar-refractivity contribution in [2.75, 3.05) is 7.11 Å². The molecule has 1 aromatic heterocycles. The van der Waals surface area contributed by atoms with Gasteiger partial charge < -0.3 is 9.47 Å². The minimum Gasteiger partial charge on any atom is -0.496 e. The molecular weight excluding hydrogens is 266 g/mol. The molecule has 2 aromatic rings. The maximum Gasteiger partial charge on any atom is 0.342 e. The number of methoxy groups -OCH3 is 1. The Morgan fingerprint density at radius 3 is 2.84 bits per heavy atom. The van der Waals surface area contributed by atoms with Gasteiger partial charge in [-0.2, -0.15) is 0 Å². The molecule has 1 heterocycles. The number of hydrogen-bond acceptors (Lipinski definition) is 4. The Morgan fingerprint density at radius 1 is 1.32 bits per heavy atom. The van der Waals surface area contributed by atoms with Crippen molar-refractivity contribution in [2.24, 2.45) is 0 Å². The molecule has 0 atom stereocenters. The van der Waals surface area contributed by atoms with E-state index >= 15 is 0 Å². The quantitative estimate of drug-likeness (QED) is 0.806. The van der Waals surface area contributed by atoms with Crippen molar-refractivity contribution in [1.29, 1.82) is 0 Å². The summed E-state index contributed by atoms with van der Waals surface area (Å²) in [5, 5.41) is 0.498. The molecule has 0 fully saturated rings. The largest absolute Gasteiger partial charge is 0.496 e. The van der Waals surface area contributed by atoms with E-state index in [0.29, 0.717) is 22.0 Å². The lowest BCUT2D eigenvalue weighted by molar-refractivity contribution is 0.0464. The van der Waals surface area contributed by atoms with Crippen LogP contribution in [0.4, 0.5) is 0 Å². The Morgan fingerprint density at radius 2 is 2.16 bits per heavy atom. The van der Waals surface area contributed by atoms with Gasteiger partial charge in [0.25, 0.3) is 0 Å². The highest BCUT2D eigenvalue weighted by molar-refractivity contribution is 6.30. The number of carbonyl (C=O) groups excluding carboxylic acids is 1. The summed E-state index contributed by atoms with van der Waals surface area (Å²) in [5.41, 5.74) is 1.02. The average molecular weight is 278 g/mol. The second kappa shape index (κ2) is 6.20. The Bertz CT molecular complexity index is 572. The second-order valence-electron chi connectivity index (χ2n) is 3.74. The molecule has 0 aliphatic heterocycles. The van der Waals surface area contributed by atoms with Gasteiger partial charge in [-0.15, -0.1) is 0 Å². The Hall–Kier alpha value is -2.07. The third-order valence-corrected chi connectivity index (χ3v) is 2.70. The summed E-state index contributed by atoms with van der Waals surface area (Å²) < 4.78 is 10.3. The van der Waals surface area contributed by atoms with Crippen LogP contribution in [-0.4, -0.2) is 18.1 Å². The first-order chi connectivity index (χ1) is 9.20. The number of pyridine rings is 1. The van der Waals surface area contributed by atoms with E-state index in [2.05, 4.69) is 4.98 Å². The van der Waals surface area contributed by atoms with Gasteiger partial charge >= 0.3 is 5.97 Å². The Balaban J connectivity index is 2.08. The first-order valence-electron chi connectivity index (χ1n) is 5.61. The van der Waals surface area contributed by atoms with Gasteiger partial charge in [-0.05, 0) is 30.3 Å². The number of nitrogens with zero attached hydrogens (tertiary/aromatic N) is 1. The molecule has 0 aliphatic carbocycles. The molecule has 0 spiro atoms. The Labute approximate surface area is 115 Å². The van der Waals surface area contributed by atoms with E-state index in [4.69, 9.17) is 21.1 Å². The maximum atomic E-state index is 11.9. The van der Waals surface area contributed by atoms with E-state index in [1.807, 2.05) is 6.07 Å². The van der Waals surface area contributed by atoms with E-state index in [-0.39, 0.29) is 6.61 Å². The molecule has 1 aromatic carbocycles. The van der Waals surface area contributed by atoms with E-state index in [1.165, 1.54) is 7.11 Å². The molecule has 5 heteroatoms. The molecule has 0 unspecified atom stereocenters. The van der Waals surface area contributed by atoms with Gasteiger partial charge in [-0.1, -0.05) is 17.7 Å². The van der Waals surface area contributed by atoms with Gasteiger partial charge in [0.05, 0.1) is 12.8 Å². The normalized spacial score (nSPS) is 10.0. The van der Waals surface area contributed by atoms with Crippen LogP contribution in [-0.2, 0) is 11.3 Å². The summed E-state index contributed by atoms with van der Waals surface area (Å²) in [6, 6.07) is 10.2. The fourth-order valence-corrected chi connectivity index (χ4v) is 1.70. The van der Waals surface area contributed by atoms with Gasteiger partial charge in [-0.3, -0.25) is 4.98 Å². The molecule has 0 aliphatic rings. The van der Waals surface area contributed by atoms with Gasteiger partial charge in [0.15, 0.2) is 0 Å². The highest BCUT2D eigenvalue weighted by Gasteiger charge is 2.14. The number of benzene rings is 1. The fourth-order valence-electron chi connectivity index (χ4n) is 1.53. The average Bonchev–Trinajstić information content (AvgIpc) is 2.45. The fraction of sp³-hybridized carbons (Fsp3) is 0.143. The predicted molar refractivity (Wildman–Crippen MR) is 71.4 cm³/mol. The van der Waals surface area contributed by atoms with E-state index < -0.39 is 5.97 Å². The number of aromatic nitrogens is 1. The highest BCUT2D eigenvalue weighted by Crippen LogP contribution is 2.23. The van der Waals surface area contributed by atoms with Crippen LogP contribution in [0, 0.1) is 0 Å². The van der Waals surface area contributed by atoms with Crippen molar-refractivity contribution in [1.82, 2.24) is 4.98 Å². The summed E-state index contributed by atoms with van der Waals surface area (Å²) in [6.45, 7) is 0.117. The van der Waals surface area contributed by atoms with Crippen molar-refractivity contribution in [3.63, 3.8) is 0 Å². The van der Waals surface area contributed by atoms with Crippen LogP contribution >= 0.6 is 11.6 Å². The van der Waals surface area contributed by atoms with E-state index in [0.717, 1.165) is 0 Å². The number of ether oxygens (including phenoxy) is 2. The lowest BCUT2D eigenvalue weighted by Crippen LogP contribution is -2.07. The zero-order chi connectivity index (χ0) is 13.7.